The first-order valence-corrected chi connectivity index (χ1v) is 3.45. The summed E-state index contributed by atoms with van der Waals surface area (Å²) in [6.07, 6.45) is 5.78. The van der Waals surface area contributed by atoms with E-state index in [2.05, 4.69) is 6.58 Å². The highest BCUT2D eigenvalue weighted by Gasteiger charge is 1.95. The summed E-state index contributed by atoms with van der Waals surface area (Å²) in [4.78, 5) is 0. The van der Waals surface area contributed by atoms with Crippen molar-refractivity contribution in [2.24, 2.45) is 5.73 Å². The summed E-state index contributed by atoms with van der Waals surface area (Å²) in [5, 5.41) is 8.58. The predicted octanol–water partition coefficient (Wildman–Crippen LogP) is 1.87. The summed E-state index contributed by atoms with van der Waals surface area (Å²) < 4.78 is 0. The Labute approximate surface area is 67.3 Å². The minimum absolute atomic E-state index is 0.476. The molecule has 0 aromatic carbocycles. The molecule has 0 spiro atoms. The van der Waals surface area contributed by atoms with Crippen molar-refractivity contribution in [2.45, 2.75) is 13.3 Å². The first-order chi connectivity index (χ1) is 5.26. The van der Waals surface area contributed by atoms with Gasteiger partial charge in [0.25, 0.3) is 0 Å². The third-order valence-corrected chi connectivity index (χ3v) is 1.14. The zero-order valence-electron chi connectivity index (χ0n) is 6.67. The Bertz CT molecular complexity index is 228. The van der Waals surface area contributed by atoms with Gasteiger partial charge in [0.1, 0.15) is 6.07 Å². The van der Waals surface area contributed by atoms with Crippen LogP contribution in [0.25, 0.3) is 0 Å². The fraction of sp³-hybridized carbons (Fsp3) is 0.222. The van der Waals surface area contributed by atoms with E-state index in [1.807, 2.05) is 13.0 Å². The van der Waals surface area contributed by atoms with Crippen LogP contribution in [0.1, 0.15) is 13.3 Å². The Morgan fingerprint density at radius 1 is 1.73 bits per heavy atom. The van der Waals surface area contributed by atoms with Crippen LogP contribution in [0, 0.1) is 11.3 Å². The van der Waals surface area contributed by atoms with Crippen LogP contribution in [0.4, 0.5) is 0 Å². The molecule has 2 heteroatoms. The van der Waals surface area contributed by atoms with E-state index in [0.29, 0.717) is 11.3 Å². The molecule has 0 aliphatic rings. The van der Waals surface area contributed by atoms with Crippen molar-refractivity contribution >= 4 is 0 Å². The van der Waals surface area contributed by atoms with Crippen LogP contribution < -0.4 is 5.73 Å². The molecule has 0 aliphatic heterocycles. The first-order valence-electron chi connectivity index (χ1n) is 3.45. The maximum atomic E-state index is 8.58. The van der Waals surface area contributed by atoms with Crippen molar-refractivity contribution < 1.29 is 0 Å². The summed E-state index contributed by atoms with van der Waals surface area (Å²) in [7, 11) is 0. The van der Waals surface area contributed by atoms with Gasteiger partial charge in [-0.15, -0.1) is 0 Å². The van der Waals surface area contributed by atoms with E-state index in [4.69, 9.17) is 11.0 Å². The van der Waals surface area contributed by atoms with Gasteiger partial charge >= 0.3 is 0 Å². The zero-order chi connectivity index (χ0) is 8.69. The minimum Gasteiger partial charge on any atom is -0.398 e. The second kappa shape index (κ2) is 5.31. The van der Waals surface area contributed by atoms with Crippen LogP contribution in [-0.2, 0) is 0 Å². The third-order valence-electron chi connectivity index (χ3n) is 1.14. The molecule has 0 fully saturated rings. The second-order valence-corrected chi connectivity index (χ2v) is 2.00. The first kappa shape index (κ1) is 9.51. The van der Waals surface area contributed by atoms with Crippen LogP contribution in [0.5, 0.6) is 0 Å². The van der Waals surface area contributed by atoms with Gasteiger partial charge in [0.2, 0.25) is 0 Å². The molecule has 0 amide bonds. The van der Waals surface area contributed by atoms with E-state index in [1.54, 1.807) is 18.2 Å². The van der Waals surface area contributed by atoms with Gasteiger partial charge in [0.05, 0.1) is 5.57 Å². The molecule has 0 atom stereocenters. The molecular formula is C9H12N2. The van der Waals surface area contributed by atoms with Crippen molar-refractivity contribution in [1.29, 1.82) is 5.26 Å². The second-order valence-electron chi connectivity index (χ2n) is 2.00. The molecule has 0 aromatic heterocycles. The number of nitrogens with two attached hydrogens (primary N) is 1. The lowest BCUT2D eigenvalue weighted by Crippen LogP contribution is -1.98. The van der Waals surface area contributed by atoms with E-state index in [9.17, 15) is 0 Å². The number of hydrogen-bond donors (Lipinski definition) is 1. The fourth-order valence-corrected chi connectivity index (χ4v) is 0.649. The highest BCUT2D eigenvalue weighted by molar-refractivity contribution is 5.40. The number of rotatable bonds is 3. The topological polar surface area (TPSA) is 49.8 Å². The van der Waals surface area contributed by atoms with Crippen LogP contribution in [0.15, 0.2) is 36.1 Å². The zero-order valence-corrected chi connectivity index (χ0v) is 6.67. The lowest BCUT2D eigenvalue weighted by atomic mass is 10.2. The number of nitrogens with zero attached hydrogens (tertiary/aromatic N) is 1. The lowest BCUT2D eigenvalue weighted by Gasteiger charge is -1.94. The average molecular weight is 148 g/mol. The van der Waals surface area contributed by atoms with Gasteiger partial charge < -0.3 is 5.73 Å². The van der Waals surface area contributed by atoms with Crippen molar-refractivity contribution in [3.8, 4) is 6.07 Å². The molecule has 0 heterocycles. The molecule has 0 radical (unpaired) electrons. The molecule has 0 unspecified atom stereocenters. The van der Waals surface area contributed by atoms with Crippen LogP contribution in [-0.4, -0.2) is 0 Å². The standard InChI is InChI=1S/C9H12N2/c1-3-5-8(7-10)9(11)6-4-2/h4-6H,2-3,11H2,1H3/b8-5-,9-6+. The van der Waals surface area contributed by atoms with Gasteiger partial charge in [-0.1, -0.05) is 25.7 Å². The van der Waals surface area contributed by atoms with E-state index >= 15 is 0 Å². The van der Waals surface area contributed by atoms with Gasteiger partial charge in [-0.2, -0.15) is 5.26 Å². The molecule has 0 saturated heterocycles. The Balaban J connectivity index is 4.54. The number of hydrogen-bond acceptors (Lipinski definition) is 2. The summed E-state index contributed by atoms with van der Waals surface area (Å²) in [6, 6.07) is 2.01. The van der Waals surface area contributed by atoms with Crippen molar-refractivity contribution in [3.63, 3.8) is 0 Å². The summed E-state index contributed by atoms with van der Waals surface area (Å²) >= 11 is 0. The molecule has 0 aliphatic carbocycles. The van der Waals surface area contributed by atoms with E-state index in [1.165, 1.54) is 0 Å². The normalized spacial score (nSPS) is 12.4. The smallest absolute Gasteiger partial charge is 0.101 e. The van der Waals surface area contributed by atoms with Crippen molar-refractivity contribution in [3.05, 3.63) is 36.1 Å². The molecular weight excluding hydrogens is 136 g/mol. The largest absolute Gasteiger partial charge is 0.398 e. The van der Waals surface area contributed by atoms with Crippen molar-refractivity contribution in [2.75, 3.05) is 0 Å². The van der Waals surface area contributed by atoms with E-state index in [0.717, 1.165) is 6.42 Å². The summed E-state index contributed by atoms with van der Waals surface area (Å²) in [5.41, 5.74) is 6.52. The van der Waals surface area contributed by atoms with Crippen LogP contribution >= 0.6 is 0 Å². The number of nitriles is 1. The maximum absolute atomic E-state index is 8.58. The average Bonchev–Trinajstić information content (AvgIpc) is 2.00. The Kier molecular flexibility index (Phi) is 4.59. The van der Waals surface area contributed by atoms with Gasteiger partial charge in [-0.25, -0.2) is 0 Å². The van der Waals surface area contributed by atoms with Crippen LogP contribution in [0.2, 0.25) is 0 Å². The van der Waals surface area contributed by atoms with E-state index in [-0.39, 0.29) is 0 Å². The predicted molar refractivity (Wildman–Crippen MR) is 46.5 cm³/mol. The van der Waals surface area contributed by atoms with Crippen molar-refractivity contribution in [1.82, 2.24) is 0 Å². The molecule has 58 valence electrons. The van der Waals surface area contributed by atoms with Gasteiger partial charge in [0.15, 0.2) is 0 Å². The Morgan fingerprint density at radius 3 is 2.73 bits per heavy atom. The SMILES string of the molecule is C=C/C=C(N)\C(C#N)=C/CC. The van der Waals surface area contributed by atoms with Gasteiger partial charge in [-0.05, 0) is 12.5 Å². The molecule has 0 rings (SSSR count). The quantitative estimate of drug-likeness (QED) is 0.490. The summed E-state index contributed by atoms with van der Waals surface area (Å²) in [6.45, 7) is 5.44. The monoisotopic (exact) mass is 148 g/mol. The minimum atomic E-state index is 0.476. The summed E-state index contributed by atoms with van der Waals surface area (Å²) in [5.74, 6) is 0. The van der Waals surface area contributed by atoms with Gasteiger partial charge in [0, 0.05) is 5.70 Å². The molecule has 0 aromatic rings. The highest BCUT2D eigenvalue weighted by Crippen LogP contribution is 2.03. The molecule has 11 heavy (non-hydrogen) atoms. The maximum Gasteiger partial charge on any atom is 0.101 e. The molecule has 0 bridgehead atoms. The highest BCUT2D eigenvalue weighted by atomic mass is 14.6. The molecule has 2 nitrogen and oxygen atoms in total. The Hall–Kier alpha value is -1.49. The van der Waals surface area contributed by atoms with Crippen LogP contribution in [0.3, 0.4) is 0 Å². The Morgan fingerprint density at radius 2 is 2.36 bits per heavy atom. The fourth-order valence-electron chi connectivity index (χ4n) is 0.649. The molecule has 0 saturated carbocycles. The van der Waals surface area contributed by atoms with Gasteiger partial charge in [-0.3, -0.25) is 0 Å². The number of allylic oxidation sites excluding steroid dienone is 4. The third kappa shape index (κ3) is 3.27. The molecule has 2 N–H and O–H groups in total. The lowest BCUT2D eigenvalue weighted by molar-refractivity contribution is 1.19. The van der Waals surface area contributed by atoms with E-state index < -0.39 is 0 Å².